The van der Waals surface area contributed by atoms with Gasteiger partial charge in [-0.1, -0.05) is 13.8 Å². The molecule has 0 bridgehead atoms. The van der Waals surface area contributed by atoms with Crippen LogP contribution in [0.5, 0.6) is 0 Å². The van der Waals surface area contributed by atoms with Crippen LogP contribution in [0, 0.1) is 0 Å². The molecule has 3 nitrogen and oxygen atoms in total. The molecule has 0 saturated heterocycles. The van der Waals surface area contributed by atoms with Crippen molar-refractivity contribution in [1.29, 1.82) is 0 Å². The smallest absolute Gasteiger partial charge is 0.236 e. The molecule has 0 spiro atoms. The molecule has 3 heteroatoms. The van der Waals surface area contributed by atoms with Gasteiger partial charge in [0, 0.05) is 13.6 Å². The zero-order valence-electron chi connectivity index (χ0n) is 8.39. The summed E-state index contributed by atoms with van der Waals surface area (Å²) in [4.78, 5) is 13.0. The van der Waals surface area contributed by atoms with Crippen molar-refractivity contribution in [1.82, 2.24) is 10.2 Å². The Morgan fingerprint density at radius 3 is 2.50 bits per heavy atom. The van der Waals surface area contributed by atoms with Gasteiger partial charge in [-0.05, 0) is 19.4 Å². The highest BCUT2D eigenvalue weighted by atomic mass is 16.2. The molecule has 0 aliphatic rings. The average molecular weight is 172 g/mol. The Bertz CT molecular complexity index is 126. The Balaban J connectivity index is 3.43. The molecule has 0 unspecified atom stereocenters. The van der Waals surface area contributed by atoms with Crippen molar-refractivity contribution in [3.8, 4) is 0 Å². The highest BCUT2D eigenvalue weighted by Gasteiger charge is 2.05. The maximum absolute atomic E-state index is 11.3. The van der Waals surface area contributed by atoms with Crippen molar-refractivity contribution in [2.75, 3.05) is 26.7 Å². The van der Waals surface area contributed by atoms with E-state index in [2.05, 4.69) is 19.2 Å². The first-order valence-corrected chi connectivity index (χ1v) is 4.67. The van der Waals surface area contributed by atoms with E-state index in [4.69, 9.17) is 0 Å². The molecule has 1 N–H and O–H groups in total. The zero-order valence-corrected chi connectivity index (χ0v) is 8.39. The molecule has 0 aliphatic carbocycles. The number of likely N-dealkylation sites (N-methyl/N-ethyl adjacent to an activating group) is 1. The molecule has 0 aromatic rings. The van der Waals surface area contributed by atoms with Crippen LogP contribution in [0.3, 0.4) is 0 Å². The number of nitrogens with zero attached hydrogens (tertiary/aromatic N) is 1. The van der Waals surface area contributed by atoms with Crippen LogP contribution >= 0.6 is 0 Å². The molecule has 1 amide bonds. The van der Waals surface area contributed by atoms with E-state index in [0.717, 1.165) is 25.9 Å². The van der Waals surface area contributed by atoms with Gasteiger partial charge >= 0.3 is 0 Å². The third-order valence-electron chi connectivity index (χ3n) is 1.69. The predicted molar refractivity (Wildman–Crippen MR) is 51.1 cm³/mol. The zero-order chi connectivity index (χ0) is 9.40. The summed E-state index contributed by atoms with van der Waals surface area (Å²) in [5.74, 6) is 0.185. The van der Waals surface area contributed by atoms with E-state index in [1.807, 2.05) is 7.05 Å². The van der Waals surface area contributed by atoms with Gasteiger partial charge in [0.05, 0.1) is 6.54 Å². The van der Waals surface area contributed by atoms with E-state index in [0.29, 0.717) is 6.54 Å². The molecule has 0 radical (unpaired) electrons. The fraction of sp³-hybridized carbons (Fsp3) is 0.889. The third kappa shape index (κ3) is 5.13. The molecular formula is C9H20N2O. The van der Waals surface area contributed by atoms with Crippen LogP contribution in [-0.2, 0) is 4.79 Å². The molecule has 0 aromatic carbocycles. The number of rotatable bonds is 6. The Morgan fingerprint density at radius 2 is 2.00 bits per heavy atom. The second-order valence-corrected chi connectivity index (χ2v) is 2.99. The van der Waals surface area contributed by atoms with E-state index in [9.17, 15) is 4.79 Å². The van der Waals surface area contributed by atoms with Gasteiger partial charge in [-0.2, -0.15) is 0 Å². The van der Waals surface area contributed by atoms with Crippen molar-refractivity contribution >= 4 is 5.91 Å². The number of carbonyl (C=O) groups is 1. The Kier molecular flexibility index (Phi) is 6.76. The lowest BCUT2D eigenvalue weighted by atomic mass is 10.4. The predicted octanol–water partition coefficient (Wildman–Crippen LogP) is 0.854. The average Bonchev–Trinajstić information content (AvgIpc) is 2.05. The van der Waals surface area contributed by atoms with Gasteiger partial charge in [-0.3, -0.25) is 4.79 Å². The summed E-state index contributed by atoms with van der Waals surface area (Å²) >= 11 is 0. The molecule has 12 heavy (non-hydrogen) atoms. The molecular weight excluding hydrogens is 152 g/mol. The second kappa shape index (κ2) is 7.10. The fourth-order valence-corrected chi connectivity index (χ4v) is 0.967. The normalized spacial score (nSPS) is 9.92. The molecule has 0 heterocycles. The van der Waals surface area contributed by atoms with Crippen LogP contribution in [0.15, 0.2) is 0 Å². The molecule has 0 saturated carbocycles. The van der Waals surface area contributed by atoms with Crippen LogP contribution in [0.25, 0.3) is 0 Å². The third-order valence-corrected chi connectivity index (χ3v) is 1.69. The van der Waals surface area contributed by atoms with E-state index in [1.165, 1.54) is 0 Å². The Morgan fingerprint density at radius 1 is 1.33 bits per heavy atom. The number of carbonyl (C=O) groups excluding carboxylic acids is 1. The number of amides is 1. The highest BCUT2D eigenvalue weighted by molar-refractivity contribution is 5.77. The van der Waals surface area contributed by atoms with E-state index < -0.39 is 0 Å². The highest BCUT2D eigenvalue weighted by Crippen LogP contribution is 1.86. The van der Waals surface area contributed by atoms with E-state index >= 15 is 0 Å². The quantitative estimate of drug-likeness (QED) is 0.603. The van der Waals surface area contributed by atoms with Gasteiger partial charge in [0.1, 0.15) is 0 Å². The van der Waals surface area contributed by atoms with Crippen molar-refractivity contribution < 1.29 is 4.79 Å². The van der Waals surface area contributed by atoms with E-state index in [-0.39, 0.29) is 5.91 Å². The van der Waals surface area contributed by atoms with Crippen molar-refractivity contribution in [2.45, 2.75) is 26.7 Å². The summed E-state index contributed by atoms with van der Waals surface area (Å²) in [5, 5.41) is 3.08. The Hall–Kier alpha value is -0.570. The van der Waals surface area contributed by atoms with Crippen LogP contribution < -0.4 is 5.32 Å². The van der Waals surface area contributed by atoms with Crippen LogP contribution in [0.4, 0.5) is 0 Å². The summed E-state index contributed by atoms with van der Waals surface area (Å²) in [6.07, 6.45) is 2.10. The number of nitrogens with one attached hydrogen (secondary N) is 1. The Labute approximate surface area is 75.1 Å². The fourth-order valence-electron chi connectivity index (χ4n) is 0.967. The van der Waals surface area contributed by atoms with Gasteiger partial charge < -0.3 is 10.2 Å². The van der Waals surface area contributed by atoms with Gasteiger partial charge in [-0.25, -0.2) is 0 Å². The number of hydrogen-bond acceptors (Lipinski definition) is 2. The topological polar surface area (TPSA) is 32.3 Å². The van der Waals surface area contributed by atoms with Crippen molar-refractivity contribution in [3.05, 3.63) is 0 Å². The van der Waals surface area contributed by atoms with Gasteiger partial charge in [0.15, 0.2) is 0 Å². The largest absolute Gasteiger partial charge is 0.345 e. The second-order valence-electron chi connectivity index (χ2n) is 2.99. The van der Waals surface area contributed by atoms with Crippen molar-refractivity contribution in [2.24, 2.45) is 0 Å². The van der Waals surface area contributed by atoms with Gasteiger partial charge in [0.25, 0.3) is 0 Å². The molecule has 72 valence electrons. The number of hydrogen-bond donors (Lipinski definition) is 1. The van der Waals surface area contributed by atoms with Crippen LogP contribution in [0.1, 0.15) is 26.7 Å². The monoisotopic (exact) mass is 172 g/mol. The lowest BCUT2D eigenvalue weighted by molar-refractivity contribution is -0.128. The molecule has 0 rings (SSSR count). The lowest BCUT2D eigenvalue weighted by Gasteiger charge is -2.15. The maximum Gasteiger partial charge on any atom is 0.236 e. The van der Waals surface area contributed by atoms with E-state index in [1.54, 1.807) is 4.90 Å². The SMILES string of the molecule is CCCNCC(=O)N(C)CCC. The first-order chi connectivity index (χ1) is 5.72. The summed E-state index contributed by atoms with van der Waals surface area (Å²) in [7, 11) is 1.85. The summed E-state index contributed by atoms with van der Waals surface area (Å²) < 4.78 is 0. The van der Waals surface area contributed by atoms with Gasteiger partial charge in [-0.15, -0.1) is 0 Å². The summed E-state index contributed by atoms with van der Waals surface area (Å²) in [6.45, 7) is 6.42. The van der Waals surface area contributed by atoms with Crippen LogP contribution in [-0.4, -0.2) is 37.5 Å². The van der Waals surface area contributed by atoms with Gasteiger partial charge in [0.2, 0.25) is 5.91 Å². The molecule has 0 atom stereocenters. The maximum atomic E-state index is 11.3. The summed E-state index contributed by atoms with van der Waals surface area (Å²) in [6, 6.07) is 0. The first kappa shape index (κ1) is 11.4. The minimum atomic E-state index is 0.185. The summed E-state index contributed by atoms with van der Waals surface area (Å²) in [5.41, 5.74) is 0. The first-order valence-electron chi connectivity index (χ1n) is 4.67. The lowest BCUT2D eigenvalue weighted by Crippen LogP contribution is -2.36. The standard InChI is InChI=1S/C9H20N2O/c1-4-6-10-8-9(12)11(3)7-5-2/h10H,4-8H2,1-3H3. The molecule has 0 fully saturated rings. The van der Waals surface area contributed by atoms with Crippen molar-refractivity contribution in [3.63, 3.8) is 0 Å². The molecule has 0 aliphatic heterocycles. The molecule has 0 aromatic heterocycles. The minimum Gasteiger partial charge on any atom is -0.345 e. The minimum absolute atomic E-state index is 0.185. The van der Waals surface area contributed by atoms with Crippen LogP contribution in [0.2, 0.25) is 0 Å².